The van der Waals surface area contributed by atoms with Gasteiger partial charge in [-0.1, -0.05) is 24.1 Å². The zero-order valence-electron chi connectivity index (χ0n) is 13.1. The number of nitrogens with one attached hydrogen (secondary N) is 1. The summed E-state index contributed by atoms with van der Waals surface area (Å²) in [6.07, 6.45) is 8.38. The van der Waals surface area contributed by atoms with Gasteiger partial charge in [0.15, 0.2) is 0 Å². The van der Waals surface area contributed by atoms with Gasteiger partial charge in [0.2, 0.25) is 0 Å². The second-order valence-electron chi connectivity index (χ2n) is 5.23. The molecule has 0 saturated carbocycles. The molecule has 3 aromatic rings. The van der Waals surface area contributed by atoms with E-state index in [0.717, 1.165) is 0 Å². The first kappa shape index (κ1) is 16.9. The predicted octanol–water partition coefficient (Wildman–Crippen LogP) is 2.12. The van der Waals surface area contributed by atoms with Crippen LogP contribution in [0.4, 0.5) is 0 Å². The lowest BCUT2D eigenvalue weighted by molar-refractivity contribution is 0.0950. The van der Waals surface area contributed by atoms with E-state index in [0.29, 0.717) is 26.5 Å². The van der Waals surface area contributed by atoms with E-state index in [1.807, 2.05) is 6.07 Å². The van der Waals surface area contributed by atoms with Gasteiger partial charge >= 0.3 is 0 Å². The van der Waals surface area contributed by atoms with E-state index in [9.17, 15) is 9.59 Å². The van der Waals surface area contributed by atoms with Gasteiger partial charge in [0, 0.05) is 22.3 Å². The molecule has 0 fully saturated rings. The van der Waals surface area contributed by atoms with Gasteiger partial charge < -0.3 is 5.32 Å². The minimum Gasteiger partial charge on any atom is -0.346 e. The molecule has 0 unspecified atom stereocenters. The lowest BCUT2D eigenvalue weighted by Crippen LogP contribution is -2.28. The monoisotopic (exact) mass is 396 g/mol. The molecule has 1 aromatic carbocycles. The number of terminal acetylenes is 1. The number of pyridine rings is 1. The Morgan fingerprint density at radius 2 is 2.04 bits per heavy atom. The Balaban J connectivity index is 1.93. The minimum atomic E-state index is -0.283. The van der Waals surface area contributed by atoms with Crippen LogP contribution < -0.4 is 10.9 Å². The highest BCUT2D eigenvalue weighted by atomic mass is 79.9. The molecule has 0 aliphatic rings. The van der Waals surface area contributed by atoms with Crippen molar-refractivity contribution in [2.24, 2.45) is 0 Å². The summed E-state index contributed by atoms with van der Waals surface area (Å²) in [5.74, 6) is 2.13. The van der Waals surface area contributed by atoms with Crippen LogP contribution >= 0.6 is 15.9 Å². The maximum Gasteiger partial charge on any atom is 0.275 e. The quantitative estimate of drug-likeness (QED) is 0.685. The van der Waals surface area contributed by atoms with Gasteiger partial charge in [0.05, 0.1) is 23.2 Å². The Kier molecular flexibility index (Phi) is 4.91. The fourth-order valence-corrected chi connectivity index (χ4v) is 2.80. The first-order valence-corrected chi connectivity index (χ1v) is 8.20. The third kappa shape index (κ3) is 3.59. The van der Waals surface area contributed by atoms with E-state index in [1.54, 1.807) is 30.5 Å². The highest BCUT2D eigenvalue weighted by molar-refractivity contribution is 9.10. The van der Waals surface area contributed by atoms with Gasteiger partial charge in [-0.25, -0.2) is 4.68 Å². The summed E-state index contributed by atoms with van der Waals surface area (Å²) >= 11 is 3.28. The smallest absolute Gasteiger partial charge is 0.275 e. The van der Waals surface area contributed by atoms with Gasteiger partial charge in [0.25, 0.3) is 11.5 Å². The number of carbonyl (C=O) groups excluding carboxylic acids is 1. The molecule has 0 atom stereocenters. The zero-order valence-corrected chi connectivity index (χ0v) is 14.7. The molecule has 0 spiro atoms. The number of amides is 1. The minimum absolute atomic E-state index is 0.0696. The van der Waals surface area contributed by atoms with Crippen LogP contribution in [0.25, 0.3) is 10.8 Å². The SMILES string of the molecule is C#CCn1nc(CNC(=O)c2cncc(Br)c2)c2ccccc2c1=O. The van der Waals surface area contributed by atoms with E-state index < -0.39 is 0 Å². The third-order valence-electron chi connectivity index (χ3n) is 3.57. The first-order chi connectivity index (χ1) is 12.1. The fourth-order valence-electron chi connectivity index (χ4n) is 2.43. The molecule has 0 aliphatic heterocycles. The van der Waals surface area contributed by atoms with Crippen molar-refractivity contribution >= 4 is 32.6 Å². The first-order valence-electron chi connectivity index (χ1n) is 7.41. The van der Waals surface area contributed by atoms with Crippen molar-refractivity contribution in [3.05, 3.63) is 68.8 Å². The molecule has 0 bridgehead atoms. The van der Waals surface area contributed by atoms with Crippen molar-refractivity contribution in [1.29, 1.82) is 0 Å². The Morgan fingerprint density at radius 3 is 2.76 bits per heavy atom. The van der Waals surface area contributed by atoms with E-state index in [-0.39, 0.29) is 24.6 Å². The van der Waals surface area contributed by atoms with Crippen LogP contribution in [0.5, 0.6) is 0 Å². The Bertz CT molecular complexity index is 1050. The predicted molar refractivity (Wildman–Crippen MR) is 97.9 cm³/mol. The molecule has 25 heavy (non-hydrogen) atoms. The Morgan fingerprint density at radius 1 is 1.28 bits per heavy atom. The third-order valence-corrected chi connectivity index (χ3v) is 4.00. The zero-order chi connectivity index (χ0) is 17.8. The highest BCUT2D eigenvalue weighted by Gasteiger charge is 2.12. The highest BCUT2D eigenvalue weighted by Crippen LogP contribution is 2.14. The number of benzene rings is 1. The summed E-state index contributed by atoms with van der Waals surface area (Å²) in [7, 11) is 0. The molecule has 0 aliphatic carbocycles. The summed E-state index contributed by atoms with van der Waals surface area (Å²) in [6.45, 7) is 0.233. The summed E-state index contributed by atoms with van der Waals surface area (Å²) in [6, 6.07) is 8.78. The number of aromatic nitrogens is 3. The van der Waals surface area contributed by atoms with Crippen LogP contribution in [0.1, 0.15) is 16.1 Å². The summed E-state index contributed by atoms with van der Waals surface area (Å²) in [5, 5.41) is 8.29. The Labute approximate surface area is 152 Å². The standard InChI is InChI=1S/C18H13BrN4O2/c1-2-7-23-18(25)15-6-4-3-5-14(15)16(22-23)11-21-17(24)12-8-13(19)10-20-9-12/h1,3-6,8-10H,7,11H2,(H,21,24). The largest absolute Gasteiger partial charge is 0.346 e. The topological polar surface area (TPSA) is 76.9 Å². The average molecular weight is 397 g/mol. The van der Waals surface area contributed by atoms with Gasteiger partial charge in [-0.2, -0.15) is 5.10 Å². The van der Waals surface area contributed by atoms with Crippen LogP contribution in [0.2, 0.25) is 0 Å². The van der Waals surface area contributed by atoms with E-state index >= 15 is 0 Å². The number of hydrogen-bond donors (Lipinski definition) is 1. The molecule has 7 heteroatoms. The van der Waals surface area contributed by atoms with E-state index in [2.05, 4.69) is 37.2 Å². The molecule has 0 saturated heterocycles. The molecule has 124 valence electrons. The molecular weight excluding hydrogens is 384 g/mol. The normalized spacial score (nSPS) is 10.4. The number of carbonyl (C=O) groups is 1. The number of hydrogen-bond acceptors (Lipinski definition) is 4. The van der Waals surface area contributed by atoms with Crippen molar-refractivity contribution in [2.45, 2.75) is 13.1 Å². The maximum atomic E-state index is 12.4. The number of rotatable bonds is 4. The second kappa shape index (κ2) is 7.28. The van der Waals surface area contributed by atoms with Gasteiger partial charge in [0.1, 0.15) is 6.54 Å². The van der Waals surface area contributed by atoms with Crippen LogP contribution in [-0.2, 0) is 13.1 Å². The number of fused-ring (bicyclic) bond motifs is 1. The van der Waals surface area contributed by atoms with Gasteiger partial charge in [-0.3, -0.25) is 14.6 Å². The number of halogens is 1. The molecular formula is C18H13BrN4O2. The molecule has 0 radical (unpaired) electrons. The average Bonchev–Trinajstić information content (AvgIpc) is 2.63. The second-order valence-corrected chi connectivity index (χ2v) is 6.15. The fraction of sp³-hybridized carbons (Fsp3) is 0.111. The van der Waals surface area contributed by atoms with Crippen molar-refractivity contribution < 1.29 is 4.79 Å². The lowest BCUT2D eigenvalue weighted by atomic mass is 10.1. The number of nitrogens with zero attached hydrogens (tertiary/aromatic N) is 3. The van der Waals surface area contributed by atoms with Crippen molar-refractivity contribution in [3.8, 4) is 12.3 Å². The molecule has 1 amide bonds. The van der Waals surface area contributed by atoms with Crippen molar-refractivity contribution in [3.63, 3.8) is 0 Å². The molecule has 2 heterocycles. The maximum absolute atomic E-state index is 12.4. The Hall–Kier alpha value is -2.98. The van der Waals surface area contributed by atoms with Gasteiger partial charge in [-0.05, 0) is 28.1 Å². The summed E-state index contributed by atoms with van der Waals surface area (Å²) in [4.78, 5) is 28.6. The van der Waals surface area contributed by atoms with Crippen LogP contribution in [0.3, 0.4) is 0 Å². The van der Waals surface area contributed by atoms with Crippen LogP contribution in [0.15, 0.2) is 52.0 Å². The molecule has 2 aromatic heterocycles. The molecule has 3 rings (SSSR count). The van der Waals surface area contributed by atoms with Crippen molar-refractivity contribution in [1.82, 2.24) is 20.1 Å². The lowest BCUT2D eigenvalue weighted by Gasteiger charge is -2.10. The summed E-state index contributed by atoms with van der Waals surface area (Å²) in [5.41, 5.74) is 0.747. The molecule has 1 N–H and O–H groups in total. The molecule has 6 nitrogen and oxygen atoms in total. The van der Waals surface area contributed by atoms with Gasteiger partial charge in [-0.15, -0.1) is 6.42 Å². The van der Waals surface area contributed by atoms with Crippen molar-refractivity contribution in [2.75, 3.05) is 0 Å². The van der Waals surface area contributed by atoms with Crippen LogP contribution in [0, 0.1) is 12.3 Å². The van der Waals surface area contributed by atoms with Crippen LogP contribution in [-0.4, -0.2) is 20.7 Å². The summed E-state index contributed by atoms with van der Waals surface area (Å²) < 4.78 is 1.94. The van der Waals surface area contributed by atoms with E-state index in [4.69, 9.17) is 6.42 Å². The van der Waals surface area contributed by atoms with E-state index in [1.165, 1.54) is 10.9 Å².